The summed E-state index contributed by atoms with van der Waals surface area (Å²) in [6.07, 6.45) is 2.44. The van der Waals surface area contributed by atoms with Gasteiger partial charge in [-0.25, -0.2) is 4.68 Å². The molecule has 114 valence electrons. The SMILES string of the molecule is COc1cc(N)cc(-c2nnnn2CCC(C)S(C)=O)c1. The third kappa shape index (κ3) is 3.78. The number of aryl methyl sites for hydroxylation is 1. The third-order valence-corrected chi connectivity index (χ3v) is 4.64. The van der Waals surface area contributed by atoms with Crippen molar-refractivity contribution in [2.75, 3.05) is 19.1 Å². The second-order valence-electron chi connectivity index (χ2n) is 4.82. The lowest BCUT2D eigenvalue weighted by Gasteiger charge is -2.10. The van der Waals surface area contributed by atoms with E-state index >= 15 is 0 Å². The molecule has 0 radical (unpaired) electrons. The van der Waals surface area contributed by atoms with E-state index in [4.69, 9.17) is 10.5 Å². The highest BCUT2D eigenvalue weighted by molar-refractivity contribution is 7.84. The molecule has 0 saturated heterocycles. The minimum atomic E-state index is -0.854. The van der Waals surface area contributed by atoms with Crippen LogP contribution in [0.15, 0.2) is 18.2 Å². The van der Waals surface area contributed by atoms with E-state index in [1.807, 2.05) is 13.0 Å². The Kier molecular flexibility index (Phi) is 4.89. The van der Waals surface area contributed by atoms with E-state index in [-0.39, 0.29) is 5.25 Å². The fraction of sp³-hybridized carbons (Fsp3) is 0.462. The molecule has 2 N–H and O–H groups in total. The summed E-state index contributed by atoms with van der Waals surface area (Å²) in [5, 5.41) is 11.8. The first-order valence-corrected chi connectivity index (χ1v) is 8.16. The zero-order chi connectivity index (χ0) is 15.4. The van der Waals surface area contributed by atoms with Crippen molar-refractivity contribution in [1.29, 1.82) is 0 Å². The van der Waals surface area contributed by atoms with Crippen LogP contribution in [0.5, 0.6) is 5.75 Å². The molecule has 0 aliphatic rings. The second kappa shape index (κ2) is 6.66. The van der Waals surface area contributed by atoms with Crippen LogP contribution in [0, 0.1) is 0 Å². The Balaban J connectivity index is 2.24. The van der Waals surface area contributed by atoms with E-state index in [0.29, 0.717) is 23.8 Å². The summed E-state index contributed by atoms with van der Waals surface area (Å²) < 4.78 is 18.3. The van der Waals surface area contributed by atoms with Gasteiger partial charge in [0.15, 0.2) is 5.82 Å². The summed E-state index contributed by atoms with van der Waals surface area (Å²) in [4.78, 5) is 0. The Labute approximate surface area is 125 Å². The number of nitrogens with zero attached hydrogens (tertiary/aromatic N) is 4. The van der Waals surface area contributed by atoms with E-state index < -0.39 is 10.8 Å². The molecule has 2 atom stereocenters. The van der Waals surface area contributed by atoms with Crippen molar-refractivity contribution in [3.05, 3.63) is 18.2 Å². The van der Waals surface area contributed by atoms with Crippen molar-refractivity contribution >= 4 is 16.5 Å². The van der Waals surface area contributed by atoms with Gasteiger partial charge in [-0.15, -0.1) is 5.10 Å². The lowest BCUT2D eigenvalue weighted by atomic mass is 10.1. The van der Waals surface area contributed by atoms with E-state index in [1.165, 1.54) is 0 Å². The van der Waals surface area contributed by atoms with E-state index in [0.717, 1.165) is 12.0 Å². The molecule has 0 bridgehead atoms. The highest BCUT2D eigenvalue weighted by Crippen LogP contribution is 2.25. The summed E-state index contributed by atoms with van der Waals surface area (Å²) in [5.74, 6) is 1.28. The van der Waals surface area contributed by atoms with Crippen molar-refractivity contribution in [2.45, 2.75) is 25.1 Å². The zero-order valence-corrected chi connectivity index (χ0v) is 13.1. The number of ether oxygens (including phenoxy) is 1. The highest BCUT2D eigenvalue weighted by atomic mass is 32.2. The highest BCUT2D eigenvalue weighted by Gasteiger charge is 2.13. The molecule has 0 aliphatic heterocycles. The minimum absolute atomic E-state index is 0.0948. The second-order valence-corrected chi connectivity index (χ2v) is 6.62. The summed E-state index contributed by atoms with van der Waals surface area (Å²) in [5.41, 5.74) is 7.23. The lowest BCUT2D eigenvalue weighted by molar-refractivity contribution is 0.415. The molecule has 0 spiro atoms. The molecular weight excluding hydrogens is 290 g/mol. The maximum absolute atomic E-state index is 11.4. The fourth-order valence-electron chi connectivity index (χ4n) is 1.90. The van der Waals surface area contributed by atoms with Gasteiger partial charge in [-0.1, -0.05) is 6.92 Å². The molecular formula is C13H19N5O2S. The number of hydrogen-bond donors (Lipinski definition) is 1. The number of methoxy groups -OCH3 is 1. The van der Waals surface area contributed by atoms with Crippen LogP contribution < -0.4 is 10.5 Å². The van der Waals surface area contributed by atoms with E-state index in [1.54, 1.807) is 30.2 Å². The number of aromatic nitrogens is 4. The quantitative estimate of drug-likeness (QED) is 0.802. The van der Waals surface area contributed by atoms with Gasteiger partial charge in [-0.3, -0.25) is 4.21 Å². The van der Waals surface area contributed by atoms with Gasteiger partial charge in [0.1, 0.15) is 5.75 Å². The maximum atomic E-state index is 11.4. The van der Waals surface area contributed by atoms with Gasteiger partial charge >= 0.3 is 0 Å². The molecule has 2 unspecified atom stereocenters. The molecule has 7 nitrogen and oxygen atoms in total. The van der Waals surface area contributed by atoms with Gasteiger partial charge < -0.3 is 10.5 Å². The standard InChI is InChI=1S/C13H19N5O2S/c1-9(21(3)19)4-5-18-13(15-16-17-18)10-6-11(14)8-12(7-10)20-2/h6-9H,4-5,14H2,1-3H3. The number of hydrogen-bond acceptors (Lipinski definition) is 6. The topological polar surface area (TPSA) is 95.9 Å². The van der Waals surface area contributed by atoms with Crippen LogP contribution in [0.25, 0.3) is 11.4 Å². The molecule has 2 rings (SSSR count). The van der Waals surface area contributed by atoms with Crippen molar-refractivity contribution in [1.82, 2.24) is 20.2 Å². The summed E-state index contributed by atoms with van der Waals surface area (Å²) in [6, 6.07) is 5.37. The van der Waals surface area contributed by atoms with Crippen molar-refractivity contribution in [3.8, 4) is 17.1 Å². The molecule has 0 aliphatic carbocycles. The normalized spacial score (nSPS) is 13.9. The maximum Gasteiger partial charge on any atom is 0.182 e. The monoisotopic (exact) mass is 309 g/mol. The first-order valence-electron chi connectivity index (χ1n) is 6.54. The summed E-state index contributed by atoms with van der Waals surface area (Å²) >= 11 is 0. The van der Waals surface area contributed by atoms with Gasteiger partial charge in [0.05, 0.1) is 7.11 Å². The molecule has 0 saturated carbocycles. The first-order chi connectivity index (χ1) is 10.0. The summed E-state index contributed by atoms with van der Waals surface area (Å²) in [7, 11) is 0.730. The predicted octanol–water partition coefficient (Wildman–Crippen LogP) is 1.09. The van der Waals surface area contributed by atoms with E-state index in [9.17, 15) is 4.21 Å². The zero-order valence-electron chi connectivity index (χ0n) is 12.3. The molecule has 21 heavy (non-hydrogen) atoms. The Hall–Kier alpha value is -1.96. The predicted molar refractivity (Wildman–Crippen MR) is 82.4 cm³/mol. The van der Waals surface area contributed by atoms with Crippen molar-refractivity contribution < 1.29 is 8.95 Å². The fourth-order valence-corrected chi connectivity index (χ4v) is 2.34. The number of benzene rings is 1. The molecule has 8 heteroatoms. The Bertz CT molecular complexity index is 643. The van der Waals surface area contributed by atoms with Crippen LogP contribution in [0.1, 0.15) is 13.3 Å². The molecule has 0 fully saturated rings. The van der Waals surface area contributed by atoms with Crippen LogP contribution in [-0.2, 0) is 17.3 Å². The van der Waals surface area contributed by atoms with E-state index in [2.05, 4.69) is 15.5 Å². The van der Waals surface area contributed by atoms with Gasteiger partial charge in [0.25, 0.3) is 0 Å². The number of nitrogen functional groups attached to an aromatic ring is 1. The van der Waals surface area contributed by atoms with Crippen LogP contribution in [0.4, 0.5) is 5.69 Å². The van der Waals surface area contributed by atoms with Crippen LogP contribution in [0.3, 0.4) is 0 Å². The molecule has 0 amide bonds. The first kappa shape index (κ1) is 15.4. The molecule has 1 aromatic carbocycles. The van der Waals surface area contributed by atoms with Gasteiger partial charge in [0.2, 0.25) is 0 Å². The lowest BCUT2D eigenvalue weighted by Crippen LogP contribution is -2.14. The smallest absolute Gasteiger partial charge is 0.182 e. The number of tetrazole rings is 1. The number of nitrogens with two attached hydrogens (primary N) is 1. The van der Waals surface area contributed by atoms with Crippen LogP contribution in [-0.4, -0.2) is 43.0 Å². The number of rotatable bonds is 6. The third-order valence-electron chi connectivity index (χ3n) is 3.27. The minimum Gasteiger partial charge on any atom is -0.497 e. The van der Waals surface area contributed by atoms with Gasteiger partial charge in [-0.05, 0) is 29.0 Å². The average Bonchev–Trinajstić information content (AvgIpc) is 2.92. The van der Waals surface area contributed by atoms with Gasteiger partial charge in [0, 0.05) is 46.2 Å². The Morgan fingerprint density at radius 2 is 2.19 bits per heavy atom. The molecule has 1 heterocycles. The van der Waals surface area contributed by atoms with Crippen molar-refractivity contribution in [3.63, 3.8) is 0 Å². The largest absolute Gasteiger partial charge is 0.497 e. The Morgan fingerprint density at radius 1 is 1.43 bits per heavy atom. The molecule has 1 aromatic heterocycles. The van der Waals surface area contributed by atoms with Crippen LogP contribution in [0.2, 0.25) is 0 Å². The van der Waals surface area contributed by atoms with Gasteiger partial charge in [-0.2, -0.15) is 0 Å². The number of anilines is 1. The van der Waals surface area contributed by atoms with Crippen molar-refractivity contribution in [2.24, 2.45) is 0 Å². The average molecular weight is 309 g/mol. The molecule has 2 aromatic rings. The summed E-state index contributed by atoms with van der Waals surface area (Å²) in [6.45, 7) is 2.55. The van der Waals surface area contributed by atoms with Crippen LogP contribution >= 0.6 is 0 Å². The Morgan fingerprint density at radius 3 is 2.86 bits per heavy atom.